The smallest absolute Gasteiger partial charge is 0.225 e. The highest BCUT2D eigenvalue weighted by molar-refractivity contribution is 6.30. The number of benzene rings is 2. The Labute approximate surface area is 162 Å². The van der Waals surface area contributed by atoms with Gasteiger partial charge in [0.2, 0.25) is 5.88 Å². The summed E-state index contributed by atoms with van der Waals surface area (Å²) in [6.45, 7) is 3.71. The first-order valence-corrected chi connectivity index (χ1v) is 8.67. The van der Waals surface area contributed by atoms with E-state index in [0.29, 0.717) is 11.4 Å². The van der Waals surface area contributed by atoms with Crippen LogP contribution in [0.5, 0.6) is 0 Å². The van der Waals surface area contributed by atoms with Gasteiger partial charge in [0.25, 0.3) is 0 Å². The summed E-state index contributed by atoms with van der Waals surface area (Å²) < 4.78 is 0. The Morgan fingerprint density at radius 2 is 1.70 bits per heavy atom. The number of pyridine rings is 1. The summed E-state index contributed by atoms with van der Waals surface area (Å²) >= 11 is 5.89. The molecule has 6 heteroatoms. The fourth-order valence-corrected chi connectivity index (χ4v) is 2.69. The summed E-state index contributed by atoms with van der Waals surface area (Å²) in [4.78, 5) is 13.8. The monoisotopic (exact) mass is 378 g/mol. The average Bonchev–Trinajstić information content (AvgIpc) is 2.72. The molecule has 0 fully saturated rings. The van der Waals surface area contributed by atoms with Gasteiger partial charge in [-0.2, -0.15) is 0 Å². The minimum Gasteiger partial charge on any atom is -0.367 e. The molecule has 0 unspecified atom stereocenters. The molecule has 27 heavy (non-hydrogen) atoms. The standard InChI is InChI=1S/C21H19ClN4O/c1-24-20(14-15-10-12-25-13-11-15)18-4-2-3-5-19(18)21(23)27-26-17-8-6-16(22)7-9-17/h2-13,26H,1,14,23H2/b20-18-,21-19+. The van der Waals surface area contributed by atoms with Crippen LogP contribution in [-0.4, -0.2) is 11.7 Å². The van der Waals surface area contributed by atoms with Crippen LogP contribution in [0.1, 0.15) is 5.56 Å². The zero-order valence-electron chi connectivity index (χ0n) is 14.6. The number of hydrogen-bond acceptors (Lipinski definition) is 5. The topological polar surface area (TPSA) is 72.5 Å². The summed E-state index contributed by atoms with van der Waals surface area (Å²) in [5.41, 5.74) is 11.6. The molecule has 0 atom stereocenters. The number of hydrogen-bond donors (Lipinski definition) is 2. The Kier molecular flexibility index (Phi) is 6.07. The maximum absolute atomic E-state index is 6.18. The lowest BCUT2D eigenvalue weighted by Gasteiger charge is -2.09. The number of nitrogens with zero attached hydrogens (tertiary/aromatic N) is 2. The van der Waals surface area contributed by atoms with Gasteiger partial charge in [-0.05, 0) is 54.7 Å². The van der Waals surface area contributed by atoms with Crippen LogP contribution in [0.2, 0.25) is 5.02 Å². The number of aromatic nitrogens is 1. The lowest BCUT2D eigenvalue weighted by molar-refractivity contribution is 0.348. The van der Waals surface area contributed by atoms with E-state index in [-0.39, 0.29) is 5.88 Å². The van der Waals surface area contributed by atoms with Crippen molar-refractivity contribution < 1.29 is 4.84 Å². The van der Waals surface area contributed by atoms with Crippen molar-refractivity contribution in [3.8, 4) is 0 Å². The van der Waals surface area contributed by atoms with E-state index in [0.717, 1.165) is 27.4 Å². The zero-order chi connectivity index (χ0) is 19.1. The molecule has 136 valence electrons. The van der Waals surface area contributed by atoms with Crippen LogP contribution in [0.3, 0.4) is 0 Å². The van der Waals surface area contributed by atoms with Crippen molar-refractivity contribution in [3.05, 3.63) is 94.1 Å². The molecule has 3 N–H and O–H groups in total. The van der Waals surface area contributed by atoms with Gasteiger partial charge in [-0.1, -0.05) is 29.8 Å². The van der Waals surface area contributed by atoms with Gasteiger partial charge in [0.1, 0.15) is 0 Å². The molecule has 5 nitrogen and oxygen atoms in total. The second-order valence-electron chi connectivity index (χ2n) is 5.76. The molecule has 0 spiro atoms. The highest BCUT2D eigenvalue weighted by atomic mass is 35.5. The van der Waals surface area contributed by atoms with Crippen molar-refractivity contribution in [2.24, 2.45) is 10.7 Å². The summed E-state index contributed by atoms with van der Waals surface area (Å²) in [5, 5.41) is 2.24. The van der Waals surface area contributed by atoms with Crippen molar-refractivity contribution in [2.45, 2.75) is 6.42 Å². The Hall–Kier alpha value is -3.31. The predicted molar refractivity (Wildman–Crippen MR) is 110 cm³/mol. The highest BCUT2D eigenvalue weighted by Crippen LogP contribution is 2.13. The maximum Gasteiger partial charge on any atom is 0.225 e. The molecule has 0 amide bonds. The molecule has 1 aromatic heterocycles. The van der Waals surface area contributed by atoms with Crippen LogP contribution in [0, 0.1) is 0 Å². The lowest BCUT2D eigenvalue weighted by atomic mass is 10.1. The lowest BCUT2D eigenvalue weighted by Crippen LogP contribution is -2.33. The van der Waals surface area contributed by atoms with E-state index in [2.05, 4.69) is 22.2 Å². The van der Waals surface area contributed by atoms with Gasteiger partial charge >= 0.3 is 0 Å². The van der Waals surface area contributed by atoms with E-state index in [9.17, 15) is 0 Å². The average molecular weight is 379 g/mol. The minimum atomic E-state index is 0.233. The number of nitrogens with one attached hydrogen (secondary N) is 1. The van der Waals surface area contributed by atoms with Crippen molar-refractivity contribution >= 4 is 35.6 Å². The summed E-state index contributed by atoms with van der Waals surface area (Å²) in [5.74, 6) is 0.233. The molecule has 2 aromatic carbocycles. The number of nitrogens with two attached hydrogens (primary N) is 1. The van der Waals surface area contributed by atoms with Crippen LogP contribution >= 0.6 is 11.6 Å². The third kappa shape index (κ3) is 4.86. The van der Waals surface area contributed by atoms with Crippen LogP contribution < -0.4 is 21.7 Å². The van der Waals surface area contributed by atoms with Gasteiger partial charge < -0.3 is 10.6 Å². The molecule has 0 aliphatic carbocycles. The second kappa shape index (κ2) is 8.87. The maximum atomic E-state index is 6.18. The molecule has 0 bridgehead atoms. The van der Waals surface area contributed by atoms with Crippen LogP contribution in [0.15, 0.2) is 78.0 Å². The van der Waals surface area contributed by atoms with Crippen LogP contribution in [0.25, 0.3) is 11.6 Å². The van der Waals surface area contributed by atoms with Crippen molar-refractivity contribution in [3.63, 3.8) is 0 Å². The number of rotatable bonds is 6. The molecule has 0 saturated heterocycles. The van der Waals surface area contributed by atoms with Gasteiger partial charge in [-0.25, -0.2) is 5.48 Å². The van der Waals surface area contributed by atoms with E-state index < -0.39 is 0 Å². The fraction of sp³-hybridized carbons (Fsp3) is 0.0476. The Morgan fingerprint density at radius 3 is 2.37 bits per heavy atom. The van der Waals surface area contributed by atoms with Gasteiger partial charge in [-0.15, -0.1) is 0 Å². The van der Waals surface area contributed by atoms with Crippen molar-refractivity contribution in [1.29, 1.82) is 0 Å². The van der Waals surface area contributed by atoms with Gasteiger partial charge in [-0.3, -0.25) is 9.98 Å². The van der Waals surface area contributed by atoms with E-state index >= 15 is 0 Å². The number of aliphatic imine (C=N–C) groups is 1. The minimum absolute atomic E-state index is 0.233. The van der Waals surface area contributed by atoms with Gasteiger partial charge in [0, 0.05) is 34.3 Å². The molecule has 0 saturated carbocycles. The first kappa shape index (κ1) is 18.5. The normalized spacial score (nSPS) is 12.8. The molecule has 3 aromatic rings. The van der Waals surface area contributed by atoms with Crippen molar-refractivity contribution in [2.75, 3.05) is 5.48 Å². The SMILES string of the molecule is C=N/C(Cc1ccncc1)=c1/cccc/c1=C(/N)ONc1ccc(Cl)cc1. The predicted octanol–water partition coefficient (Wildman–Crippen LogP) is 2.85. The van der Waals surface area contributed by atoms with Crippen LogP contribution in [0.4, 0.5) is 5.69 Å². The van der Waals surface area contributed by atoms with E-state index in [1.54, 1.807) is 36.7 Å². The first-order chi connectivity index (χ1) is 13.2. The van der Waals surface area contributed by atoms with Gasteiger partial charge in [0.15, 0.2) is 0 Å². The fourth-order valence-electron chi connectivity index (χ4n) is 2.57. The van der Waals surface area contributed by atoms with E-state index in [1.807, 2.05) is 36.4 Å². The molecular formula is C21H19ClN4O. The van der Waals surface area contributed by atoms with Crippen molar-refractivity contribution in [1.82, 2.24) is 4.98 Å². The second-order valence-corrected chi connectivity index (χ2v) is 6.19. The third-order valence-electron chi connectivity index (χ3n) is 3.94. The third-order valence-corrected chi connectivity index (χ3v) is 4.19. The number of anilines is 1. The number of halogens is 1. The van der Waals surface area contributed by atoms with E-state index in [1.165, 1.54) is 0 Å². The molecular weight excluding hydrogens is 360 g/mol. The Bertz CT molecular complexity index is 1030. The first-order valence-electron chi connectivity index (χ1n) is 8.29. The molecule has 0 aliphatic heterocycles. The molecule has 1 heterocycles. The van der Waals surface area contributed by atoms with Crippen LogP contribution in [-0.2, 0) is 11.3 Å². The summed E-state index contributed by atoms with van der Waals surface area (Å²) in [7, 11) is 0. The largest absolute Gasteiger partial charge is 0.367 e. The highest BCUT2D eigenvalue weighted by Gasteiger charge is 2.03. The quantitative estimate of drug-likeness (QED) is 0.511. The molecule has 0 radical (unpaired) electrons. The molecule has 3 rings (SSSR count). The Morgan fingerprint density at radius 1 is 1.04 bits per heavy atom. The van der Waals surface area contributed by atoms with E-state index in [4.69, 9.17) is 22.2 Å². The molecule has 0 aliphatic rings. The summed E-state index contributed by atoms with van der Waals surface area (Å²) in [6, 6.07) is 18.7. The summed E-state index contributed by atoms with van der Waals surface area (Å²) in [6.07, 6.45) is 4.12. The zero-order valence-corrected chi connectivity index (χ0v) is 15.4. The Balaban J connectivity index is 1.96. The van der Waals surface area contributed by atoms with Gasteiger partial charge in [0.05, 0.1) is 11.4 Å².